The van der Waals surface area contributed by atoms with E-state index in [0.29, 0.717) is 23.2 Å². The van der Waals surface area contributed by atoms with Crippen molar-refractivity contribution in [1.82, 2.24) is 0 Å². The molecule has 178 valence electrons. The first-order chi connectivity index (χ1) is 14.6. The van der Waals surface area contributed by atoms with Crippen LogP contribution in [0.15, 0.2) is 11.6 Å². The van der Waals surface area contributed by atoms with Gasteiger partial charge in [0.05, 0.1) is 12.2 Å². The van der Waals surface area contributed by atoms with E-state index in [1.807, 2.05) is 0 Å². The molecule has 4 aliphatic rings. The van der Waals surface area contributed by atoms with E-state index in [-0.39, 0.29) is 17.6 Å². The van der Waals surface area contributed by atoms with E-state index >= 15 is 0 Å². The van der Waals surface area contributed by atoms with Gasteiger partial charge in [-0.3, -0.25) is 0 Å². The first-order valence-electron chi connectivity index (χ1n) is 13.7. The first-order valence-corrected chi connectivity index (χ1v) is 13.7. The van der Waals surface area contributed by atoms with E-state index in [0.717, 1.165) is 42.9 Å². The molecule has 3 fully saturated rings. The van der Waals surface area contributed by atoms with Gasteiger partial charge in [-0.1, -0.05) is 66.0 Å². The van der Waals surface area contributed by atoms with Crippen LogP contribution in [0.4, 0.5) is 0 Å². The number of fused-ring (bicyclic) bond motifs is 5. The van der Waals surface area contributed by atoms with Crippen LogP contribution in [0.2, 0.25) is 0 Å². The normalized spacial score (nSPS) is 46.7. The highest BCUT2D eigenvalue weighted by Gasteiger charge is 2.61. The zero-order valence-electron chi connectivity index (χ0n) is 21.2. The van der Waals surface area contributed by atoms with Crippen molar-refractivity contribution in [3.63, 3.8) is 0 Å². The Hall–Kier alpha value is -0.340. The molecule has 0 saturated heterocycles. The van der Waals surface area contributed by atoms with Crippen LogP contribution in [-0.4, -0.2) is 22.4 Å². The summed E-state index contributed by atoms with van der Waals surface area (Å²) in [5.74, 6) is 4.99. The van der Waals surface area contributed by atoms with Crippen LogP contribution < -0.4 is 0 Å². The molecule has 0 aromatic rings. The van der Waals surface area contributed by atoms with Crippen LogP contribution in [0.3, 0.4) is 0 Å². The Kier molecular flexibility index (Phi) is 6.75. The fraction of sp³-hybridized carbons (Fsp3) is 0.931. The standard InChI is InChI=1S/C29H50O2/c1-7-20(18(2)3)9-8-19(4)23-10-11-24-27-25(13-15-29(23,24)6)28(5)14-12-22(30)16-21(28)17-26(27)31/h17-20,22-27,30-31H,7-16H2,1-6H3/t19-,20-,22+,23?,24+,25+,26-,27?,28+,29-/m1/s1. The number of hydrogen-bond acceptors (Lipinski definition) is 2. The zero-order valence-corrected chi connectivity index (χ0v) is 21.2. The number of aliphatic hydroxyl groups excluding tert-OH is 2. The van der Waals surface area contributed by atoms with Gasteiger partial charge in [-0.05, 0) is 104 Å². The van der Waals surface area contributed by atoms with E-state index in [1.165, 1.54) is 50.5 Å². The molecule has 0 spiro atoms. The molecule has 0 bridgehead atoms. The third-order valence-electron chi connectivity index (χ3n) is 11.3. The minimum Gasteiger partial charge on any atom is -0.393 e. The van der Waals surface area contributed by atoms with E-state index in [1.54, 1.807) is 0 Å². The van der Waals surface area contributed by atoms with Crippen molar-refractivity contribution in [3.8, 4) is 0 Å². The van der Waals surface area contributed by atoms with Crippen molar-refractivity contribution in [2.45, 2.75) is 118 Å². The maximum Gasteiger partial charge on any atom is 0.0757 e. The van der Waals surface area contributed by atoms with Crippen molar-refractivity contribution < 1.29 is 10.2 Å². The highest BCUT2D eigenvalue weighted by Crippen LogP contribution is 2.67. The summed E-state index contributed by atoms with van der Waals surface area (Å²) in [4.78, 5) is 0. The Morgan fingerprint density at radius 2 is 1.71 bits per heavy atom. The lowest BCUT2D eigenvalue weighted by molar-refractivity contribution is -0.0972. The molecular formula is C29H50O2. The minimum atomic E-state index is -0.303. The SMILES string of the molecule is CC[C@H](CC[C@@H](C)C1CC[C@H]2C3[C@H](O)C=C4C[C@@H](O)CC[C@]4(C)[C@H]3CC[C@]12C)C(C)C. The number of hydrogen-bond donors (Lipinski definition) is 2. The van der Waals surface area contributed by atoms with E-state index in [2.05, 4.69) is 47.6 Å². The molecule has 0 heterocycles. The minimum absolute atomic E-state index is 0.202. The molecule has 31 heavy (non-hydrogen) atoms. The second-order valence-electron chi connectivity index (χ2n) is 13.0. The topological polar surface area (TPSA) is 40.5 Å². The van der Waals surface area contributed by atoms with Gasteiger partial charge in [0, 0.05) is 0 Å². The molecule has 0 aliphatic heterocycles. The smallest absolute Gasteiger partial charge is 0.0757 e. The highest BCUT2D eigenvalue weighted by atomic mass is 16.3. The van der Waals surface area contributed by atoms with Crippen LogP contribution in [0.25, 0.3) is 0 Å². The third-order valence-corrected chi connectivity index (χ3v) is 11.3. The molecule has 0 aromatic carbocycles. The Morgan fingerprint density at radius 1 is 0.968 bits per heavy atom. The van der Waals surface area contributed by atoms with Crippen molar-refractivity contribution >= 4 is 0 Å². The summed E-state index contributed by atoms with van der Waals surface area (Å²) >= 11 is 0. The fourth-order valence-corrected chi connectivity index (χ4v) is 9.29. The molecule has 2 heteroatoms. The summed E-state index contributed by atoms with van der Waals surface area (Å²) < 4.78 is 0. The maximum absolute atomic E-state index is 11.3. The lowest BCUT2D eigenvalue weighted by Crippen LogP contribution is -2.54. The summed E-state index contributed by atoms with van der Waals surface area (Å²) in [6.45, 7) is 14.7. The second kappa shape index (κ2) is 8.79. The lowest BCUT2D eigenvalue weighted by atomic mass is 9.46. The number of rotatable bonds is 6. The summed E-state index contributed by atoms with van der Waals surface area (Å²) in [6.07, 6.45) is 13.9. The summed E-state index contributed by atoms with van der Waals surface area (Å²) in [7, 11) is 0. The quantitative estimate of drug-likeness (QED) is 0.446. The highest BCUT2D eigenvalue weighted by molar-refractivity contribution is 5.27. The average molecular weight is 431 g/mol. The molecule has 3 saturated carbocycles. The molecule has 0 amide bonds. The Bertz CT molecular complexity index is 668. The van der Waals surface area contributed by atoms with Gasteiger partial charge >= 0.3 is 0 Å². The summed E-state index contributed by atoms with van der Waals surface area (Å²) in [5, 5.41) is 21.6. The van der Waals surface area contributed by atoms with E-state index in [4.69, 9.17) is 0 Å². The van der Waals surface area contributed by atoms with E-state index < -0.39 is 0 Å². The van der Waals surface area contributed by atoms with Gasteiger partial charge < -0.3 is 10.2 Å². The summed E-state index contributed by atoms with van der Waals surface area (Å²) in [5.41, 5.74) is 1.97. The van der Waals surface area contributed by atoms with Crippen LogP contribution >= 0.6 is 0 Å². The molecule has 0 radical (unpaired) electrons. The Balaban J connectivity index is 1.52. The molecule has 4 aliphatic carbocycles. The third kappa shape index (κ3) is 3.96. The molecule has 2 unspecified atom stereocenters. The first kappa shape index (κ1) is 23.8. The van der Waals surface area contributed by atoms with Crippen molar-refractivity contribution in [3.05, 3.63) is 11.6 Å². The fourth-order valence-electron chi connectivity index (χ4n) is 9.29. The maximum atomic E-state index is 11.3. The van der Waals surface area contributed by atoms with Gasteiger partial charge in [0.15, 0.2) is 0 Å². The van der Waals surface area contributed by atoms with Gasteiger partial charge in [0.2, 0.25) is 0 Å². The average Bonchev–Trinajstić information content (AvgIpc) is 3.06. The monoisotopic (exact) mass is 430 g/mol. The van der Waals surface area contributed by atoms with Crippen LogP contribution in [-0.2, 0) is 0 Å². The summed E-state index contributed by atoms with van der Waals surface area (Å²) in [6, 6.07) is 0. The van der Waals surface area contributed by atoms with Gasteiger partial charge in [-0.25, -0.2) is 0 Å². The predicted octanol–water partition coefficient (Wildman–Crippen LogP) is 7.00. The van der Waals surface area contributed by atoms with Crippen LogP contribution in [0, 0.1) is 52.3 Å². The molecule has 2 N–H and O–H groups in total. The molecule has 2 nitrogen and oxygen atoms in total. The molecule has 10 atom stereocenters. The molecular weight excluding hydrogens is 380 g/mol. The Morgan fingerprint density at radius 3 is 2.39 bits per heavy atom. The van der Waals surface area contributed by atoms with Gasteiger partial charge in [0.25, 0.3) is 0 Å². The largest absolute Gasteiger partial charge is 0.393 e. The molecule has 4 rings (SSSR count). The van der Waals surface area contributed by atoms with Crippen molar-refractivity contribution in [2.75, 3.05) is 0 Å². The van der Waals surface area contributed by atoms with Gasteiger partial charge in [-0.15, -0.1) is 0 Å². The predicted molar refractivity (Wildman–Crippen MR) is 130 cm³/mol. The zero-order chi connectivity index (χ0) is 22.6. The molecule has 0 aromatic heterocycles. The lowest BCUT2D eigenvalue weighted by Gasteiger charge is -2.59. The van der Waals surface area contributed by atoms with Gasteiger partial charge in [0.1, 0.15) is 0 Å². The Labute approximate surface area is 192 Å². The second-order valence-corrected chi connectivity index (χ2v) is 13.0. The van der Waals surface area contributed by atoms with Gasteiger partial charge in [-0.2, -0.15) is 0 Å². The van der Waals surface area contributed by atoms with Crippen LogP contribution in [0.1, 0.15) is 106 Å². The number of aliphatic hydroxyl groups is 2. The van der Waals surface area contributed by atoms with E-state index in [9.17, 15) is 10.2 Å². The van der Waals surface area contributed by atoms with Crippen molar-refractivity contribution in [1.29, 1.82) is 0 Å². The van der Waals surface area contributed by atoms with Crippen LogP contribution in [0.5, 0.6) is 0 Å². The van der Waals surface area contributed by atoms with Crippen molar-refractivity contribution in [2.24, 2.45) is 52.3 Å².